The largest absolute Gasteiger partial charge is 0.493 e. The minimum atomic E-state index is -0.303. The van der Waals surface area contributed by atoms with Gasteiger partial charge in [0, 0.05) is 10.8 Å². The molecule has 3 rings (SSSR count). The first-order chi connectivity index (χ1) is 12.6. The molecule has 0 atom stereocenters. The number of nitrogens with zero attached hydrogens (tertiary/aromatic N) is 2. The number of fused-ring (bicyclic) bond motifs is 1. The molecular formula is C19H19ClN2O3S. The number of benzene rings is 2. The lowest BCUT2D eigenvalue weighted by molar-refractivity contribution is -0.141. The second-order valence-corrected chi connectivity index (χ2v) is 7.12. The van der Waals surface area contributed by atoms with Crippen LogP contribution in [0.4, 0.5) is 0 Å². The van der Waals surface area contributed by atoms with Crippen molar-refractivity contribution in [2.45, 2.75) is 18.6 Å². The molecular weight excluding hydrogens is 372 g/mol. The Morgan fingerprint density at radius 1 is 1.27 bits per heavy atom. The summed E-state index contributed by atoms with van der Waals surface area (Å²) in [7, 11) is 1.39. The van der Waals surface area contributed by atoms with E-state index in [0.29, 0.717) is 12.4 Å². The molecule has 0 aliphatic rings. The highest BCUT2D eigenvalue weighted by Gasteiger charge is 2.14. The molecule has 2 aromatic carbocycles. The van der Waals surface area contributed by atoms with Gasteiger partial charge in [0.1, 0.15) is 12.3 Å². The molecule has 0 unspecified atom stereocenters. The zero-order valence-corrected chi connectivity index (χ0v) is 16.1. The van der Waals surface area contributed by atoms with E-state index in [9.17, 15) is 4.79 Å². The van der Waals surface area contributed by atoms with Crippen LogP contribution in [0.2, 0.25) is 5.02 Å². The van der Waals surface area contributed by atoms with Crippen LogP contribution >= 0.6 is 23.4 Å². The molecule has 0 radical (unpaired) electrons. The quantitative estimate of drug-likeness (QED) is 0.341. The molecule has 3 aromatic rings. The van der Waals surface area contributed by atoms with Gasteiger partial charge in [-0.1, -0.05) is 35.5 Å². The van der Waals surface area contributed by atoms with Crippen LogP contribution in [0.1, 0.15) is 5.56 Å². The summed E-state index contributed by atoms with van der Waals surface area (Å²) >= 11 is 7.57. The van der Waals surface area contributed by atoms with Crippen LogP contribution in [-0.2, 0) is 16.1 Å². The molecule has 0 bridgehead atoms. The number of para-hydroxylation sites is 2. The zero-order chi connectivity index (χ0) is 18.5. The zero-order valence-electron chi connectivity index (χ0n) is 14.6. The molecule has 0 aliphatic carbocycles. The minimum absolute atomic E-state index is 0.135. The van der Waals surface area contributed by atoms with Crippen molar-refractivity contribution in [3.05, 3.63) is 53.1 Å². The summed E-state index contributed by atoms with van der Waals surface area (Å²) in [5, 5.41) is 1.50. The van der Waals surface area contributed by atoms with Gasteiger partial charge >= 0.3 is 5.97 Å². The van der Waals surface area contributed by atoms with Crippen LogP contribution in [0.15, 0.2) is 47.6 Å². The summed E-state index contributed by atoms with van der Waals surface area (Å²) in [6, 6.07) is 13.3. The normalized spacial score (nSPS) is 10.9. The van der Waals surface area contributed by atoms with E-state index >= 15 is 0 Å². The Kier molecular flexibility index (Phi) is 6.06. The Morgan fingerprint density at radius 3 is 2.85 bits per heavy atom. The monoisotopic (exact) mass is 390 g/mol. The van der Waals surface area contributed by atoms with E-state index in [1.165, 1.54) is 7.11 Å². The lowest BCUT2D eigenvalue weighted by atomic mass is 10.2. The number of thioether (sulfide) groups is 1. The minimum Gasteiger partial charge on any atom is -0.493 e. The van der Waals surface area contributed by atoms with Crippen LogP contribution in [-0.4, -0.2) is 35.0 Å². The molecule has 7 heteroatoms. The summed E-state index contributed by atoms with van der Waals surface area (Å²) in [5.74, 6) is 1.19. The Hall–Kier alpha value is -2.18. The average molecular weight is 391 g/mol. The predicted octanol–water partition coefficient (Wildman–Crippen LogP) is 4.34. The lowest BCUT2D eigenvalue weighted by Crippen LogP contribution is -2.12. The third-order valence-electron chi connectivity index (χ3n) is 3.85. The van der Waals surface area contributed by atoms with E-state index in [1.54, 1.807) is 11.8 Å². The molecule has 26 heavy (non-hydrogen) atoms. The molecule has 0 saturated carbocycles. The Bertz CT molecular complexity index is 926. The molecule has 0 fully saturated rings. The van der Waals surface area contributed by atoms with Gasteiger partial charge in [0.05, 0.1) is 24.8 Å². The average Bonchev–Trinajstić information content (AvgIpc) is 2.99. The van der Waals surface area contributed by atoms with Crippen LogP contribution in [0, 0.1) is 6.92 Å². The topological polar surface area (TPSA) is 53.4 Å². The summed E-state index contributed by atoms with van der Waals surface area (Å²) in [6.07, 6.45) is 0. The second kappa shape index (κ2) is 8.47. The first kappa shape index (κ1) is 18.6. The maximum Gasteiger partial charge on any atom is 0.325 e. The van der Waals surface area contributed by atoms with Crippen molar-refractivity contribution in [2.24, 2.45) is 0 Å². The maximum absolute atomic E-state index is 11.7. The number of carbonyl (C=O) groups is 1. The van der Waals surface area contributed by atoms with Gasteiger partial charge < -0.3 is 14.0 Å². The highest BCUT2D eigenvalue weighted by molar-refractivity contribution is 7.99. The number of imidazole rings is 1. The highest BCUT2D eigenvalue weighted by atomic mass is 35.5. The molecule has 0 aliphatic heterocycles. The SMILES string of the molecule is COC(=O)Cn1c(SCCOc2ccc(Cl)c(C)c2)nc2ccccc21. The van der Waals surface area contributed by atoms with Crippen LogP contribution in [0.25, 0.3) is 11.0 Å². The van der Waals surface area contributed by atoms with E-state index in [1.807, 2.05) is 54.0 Å². The molecule has 5 nitrogen and oxygen atoms in total. The number of aromatic nitrogens is 2. The highest BCUT2D eigenvalue weighted by Crippen LogP contribution is 2.25. The van der Waals surface area contributed by atoms with Crippen molar-refractivity contribution in [1.82, 2.24) is 9.55 Å². The number of methoxy groups -OCH3 is 1. The number of ether oxygens (including phenoxy) is 2. The number of hydrogen-bond acceptors (Lipinski definition) is 5. The smallest absolute Gasteiger partial charge is 0.325 e. The lowest BCUT2D eigenvalue weighted by Gasteiger charge is -2.09. The molecule has 1 heterocycles. The van der Waals surface area contributed by atoms with Gasteiger partial charge in [-0.15, -0.1) is 0 Å². The third kappa shape index (κ3) is 4.31. The maximum atomic E-state index is 11.7. The van der Waals surface area contributed by atoms with Crippen molar-refractivity contribution >= 4 is 40.4 Å². The van der Waals surface area contributed by atoms with Gasteiger partial charge in [0.25, 0.3) is 0 Å². The molecule has 0 saturated heterocycles. The van der Waals surface area contributed by atoms with Crippen LogP contribution < -0.4 is 4.74 Å². The van der Waals surface area contributed by atoms with Crippen molar-refractivity contribution in [2.75, 3.05) is 19.5 Å². The van der Waals surface area contributed by atoms with E-state index < -0.39 is 0 Å². The van der Waals surface area contributed by atoms with Gasteiger partial charge in [0.2, 0.25) is 0 Å². The van der Waals surface area contributed by atoms with E-state index in [0.717, 1.165) is 32.5 Å². The van der Waals surface area contributed by atoms with Crippen LogP contribution in [0.5, 0.6) is 5.75 Å². The van der Waals surface area contributed by atoms with Crippen molar-refractivity contribution in [1.29, 1.82) is 0 Å². The summed E-state index contributed by atoms with van der Waals surface area (Å²) < 4.78 is 12.4. The van der Waals surface area contributed by atoms with Gasteiger partial charge in [-0.3, -0.25) is 4.79 Å². The van der Waals surface area contributed by atoms with Gasteiger partial charge in [-0.25, -0.2) is 4.98 Å². The first-order valence-corrected chi connectivity index (χ1v) is 9.48. The van der Waals surface area contributed by atoms with E-state index in [2.05, 4.69) is 4.98 Å². The Balaban J connectivity index is 1.67. The second-order valence-electron chi connectivity index (χ2n) is 5.65. The number of carbonyl (C=O) groups excluding carboxylic acids is 1. The molecule has 0 spiro atoms. The first-order valence-electron chi connectivity index (χ1n) is 8.12. The predicted molar refractivity (Wildman–Crippen MR) is 104 cm³/mol. The van der Waals surface area contributed by atoms with Crippen LogP contribution in [0.3, 0.4) is 0 Å². The summed E-state index contributed by atoms with van der Waals surface area (Å²) in [4.78, 5) is 16.3. The number of halogens is 1. The number of esters is 1. The fourth-order valence-corrected chi connectivity index (χ4v) is 3.46. The van der Waals surface area contributed by atoms with Crippen molar-refractivity contribution < 1.29 is 14.3 Å². The number of rotatable bonds is 7. The third-order valence-corrected chi connectivity index (χ3v) is 5.21. The summed E-state index contributed by atoms with van der Waals surface area (Å²) in [5.41, 5.74) is 2.75. The standard InChI is InChI=1S/C19H19ClN2O3S/c1-13-11-14(7-8-15(13)20)25-9-10-26-19-21-16-5-3-4-6-17(16)22(19)12-18(23)24-2/h3-8,11H,9-10,12H2,1-2H3. The Labute approximate surface area is 161 Å². The fraction of sp³-hybridized carbons (Fsp3) is 0.263. The van der Waals surface area contributed by atoms with E-state index in [4.69, 9.17) is 21.1 Å². The number of aryl methyl sites for hydroxylation is 1. The molecule has 1 aromatic heterocycles. The Morgan fingerprint density at radius 2 is 2.08 bits per heavy atom. The molecule has 0 N–H and O–H groups in total. The van der Waals surface area contributed by atoms with E-state index in [-0.39, 0.29) is 12.5 Å². The fourth-order valence-electron chi connectivity index (χ4n) is 2.51. The van der Waals surface area contributed by atoms with Crippen molar-refractivity contribution in [3.63, 3.8) is 0 Å². The van der Waals surface area contributed by atoms with Gasteiger partial charge in [0.15, 0.2) is 5.16 Å². The van der Waals surface area contributed by atoms with Crippen molar-refractivity contribution in [3.8, 4) is 5.75 Å². The molecule has 0 amide bonds. The molecule has 136 valence electrons. The summed E-state index contributed by atoms with van der Waals surface area (Å²) in [6.45, 7) is 2.60. The van der Waals surface area contributed by atoms with Gasteiger partial charge in [-0.2, -0.15) is 0 Å². The van der Waals surface area contributed by atoms with Gasteiger partial charge in [-0.05, 0) is 42.8 Å². The number of hydrogen-bond donors (Lipinski definition) is 0.